The zero-order valence-electron chi connectivity index (χ0n) is 18.1. The molecular formula is C24H34N4O2. The number of hydrogen-bond donors (Lipinski definition) is 3. The molecule has 0 spiro atoms. The van der Waals surface area contributed by atoms with Gasteiger partial charge in [0, 0.05) is 23.6 Å². The second-order valence-corrected chi connectivity index (χ2v) is 8.87. The Bertz CT molecular complexity index is 886. The molecule has 0 bridgehead atoms. The number of benzene rings is 1. The van der Waals surface area contributed by atoms with Gasteiger partial charge in [-0.25, -0.2) is 0 Å². The van der Waals surface area contributed by atoms with E-state index in [9.17, 15) is 9.59 Å². The van der Waals surface area contributed by atoms with Crippen LogP contribution in [0.25, 0.3) is 10.9 Å². The summed E-state index contributed by atoms with van der Waals surface area (Å²) >= 11 is 0. The van der Waals surface area contributed by atoms with Gasteiger partial charge in [0.1, 0.15) is 6.04 Å². The minimum absolute atomic E-state index is 0.0679. The largest absolute Gasteiger partial charge is 0.361 e. The molecule has 2 heterocycles. The summed E-state index contributed by atoms with van der Waals surface area (Å²) < 4.78 is 0. The lowest BCUT2D eigenvalue weighted by Gasteiger charge is -2.35. The Morgan fingerprint density at radius 2 is 1.87 bits per heavy atom. The van der Waals surface area contributed by atoms with Crippen LogP contribution in [0.1, 0.15) is 63.5 Å². The maximum atomic E-state index is 13.8. The van der Waals surface area contributed by atoms with E-state index < -0.39 is 6.04 Å². The molecule has 6 heteroatoms. The molecule has 1 aliphatic carbocycles. The van der Waals surface area contributed by atoms with Crippen LogP contribution in [0.5, 0.6) is 0 Å². The number of nitrogens with one attached hydrogen (secondary N) is 3. The first kappa shape index (κ1) is 20.9. The van der Waals surface area contributed by atoms with Crippen LogP contribution in [0.3, 0.4) is 0 Å². The Kier molecular flexibility index (Phi) is 6.42. The highest BCUT2D eigenvalue weighted by atomic mass is 16.2. The Morgan fingerprint density at radius 3 is 2.63 bits per heavy atom. The number of amides is 2. The zero-order chi connectivity index (χ0) is 21.1. The monoisotopic (exact) mass is 410 g/mol. The first-order valence-corrected chi connectivity index (χ1v) is 11.4. The Labute approximate surface area is 178 Å². The molecule has 1 aliphatic heterocycles. The predicted octanol–water partition coefficient (Wildman–Crippen LogP) is 3.50. The second-order valence-electron chi connectivity index (χ2n) is 8.87. The van der Waals surface area contributed by atoms with Crippen LogP contribution in [0, 0.1) is 5.92 Å². The average Bonchev–Trinajstić information content (AvgIpc) is 3.43. The zero-order valence-corrected chi connectivity index (χ0v) is 18.1. The highest BCUT2D eigenvalue weighted by molar-refractivity contribution is 5.91. The van der Waals surface area contributed by atoms with Crippen molar-refractivity contribution in [2.75, 3.05) is 13.6 Å². The fourth-order valence-electron chi connectivity index (χ4n) is 5.16. The number of aromatic nitrogens is 1. The third-order valence-corrected chi connectivity index (χ3v) is 7.03. The van der Waals surface area contributed by atoms with Gasteiger partial charge in [-0.1, -0.05) is 37.5 Å². The summed E-state index contributed by atoms with van der Waals surface area (Å²) in [6.07, 6.45) is 9.53. The highest BCUT2D eigenvalue weighted by Gasteiger charge is 2.39. The van der Waals surface area contributed by atoms with E-state index in [4.69, 9.17) is 0 Å². The lowest BCUT2D eigenvalue weighted by Crippen LogP contribution is -2.55. The second kappa shape index (κ2) is 9.21. The third-order valence-electron chi connectivity index (χ3n) is 7.03. The summed E-state index contributed by atoms with van der Waals surface area (Å²) in [6, 6.07) is 7.59. The highest BCUT2D eigenvalue weighted by Crippen LogP contribution is 2.37. The van der Waals surface area contributed by atoms with E-state index >= 15 is 0 Å². The van der Waals surface area contributed by atoms with E-state index in [1.807, 2.05) is 24.0 Å². The summed E-state index contributed by atoms with van der Waals surface area (Å²) in [5.41, 5.74) is 2.29. The quantitative estimate of drug-likeness (QED) is 0.682. The van der Waals surface area contributed by atoms with Crippen molar-refractivity contribution in [1.82, 2.24) is 20.5 Å². The lowest BCUT2D eigenvalue weighted by molar-refractivity contribution is -0.139. The van der Waals surface area contributed by atoms with Crippen LogP contribution >= 0.6 is 0 Å². The molecule has 2 aromatic rings. The number of hydrogen-bond acceptors (Lipinski definition) is 3. The fourth-order valence-corrected chi connectivity index (χ4v) is 5.16. The van der Waals surface area contributed by atoms with E-state index in [0.29, 0.717) is 0 Å². The summed E-state index contributed by atoms with van der Waals surface area (Å²) in [5, 5.41) is 7.29. The Morgan fingerprint density at radius 1 is 1.10 bits per heavy atom. The Balaban J connectivity index is 1.59. The van der Waals surface area contributed by atoms with E-state index in [0.717, 1.165) is 50.6 Å². The first-order chi connectivity index (χ1) is 14.6. The number of likely N-dealkylation sites (N-methyl/N-ethyl adjacent to an activating group) is 1. The summed E-state index contributed by atoms with van der Waals surface area (Å²) in [7, 11) is 1.77. The molecule has 2 fully saturated rings. The van der Waals surface area contributed by atoms with Crippen molar-refractivity contribution in [3.8, 4) is 0 Å². The minimum atomic E-state index is -0.431. The lowest BCUT2D eigenvalue weighted by atomic mass is 9.83. The molecular weight excluding hydrogens is 376 g/mol. The molecule has 2 amide bonds. The van der Waals surface area contributed by atoms with Crippen LogP contribution in [-0.2, 0) is 9.59 Å². The maximum absolute atomic E-state index is 13.8. The summed E-state index contributed by atoms with van der Waals surface area (Å²) in [6.45, 7) is 2.59. The number of para-hydroxylation sites is 1. The molecule has 0 radical (unpaired) electrons. The van der Waals surface area contributed by atoms with E-state index in [1.54, 1.807) is 7.05 Å². The molecule has 2 aliphatic rings. The molecule has 1 unspecified atom stereocenters. The van der Waals surface area contributed by atoms with Gasteiger partial charge in [-0.3, -0.25) is 9.59 Å². The van der Waals surface area contributed by atoms with Gasteiger partial charge in [0.05, 0.1) is 12.1 Å². The van der Waals surface area contributed by atoms with Crippen molar-refractivity contribution in [2.24, 2.45) is 5.92 Å². The summed E-state index contributed by atoms with van der Waals surface area (Å²) in [5.74, 6) is 0.221. The van der Waals surface area contributed by atoms with Crippen LogP contribution in [0.2, 0.25) is 0 Å². The SMILES string of the molecule is CNC(C)C(=O)N[C@H](C(=O)N1CCC[C@H]1c1c[nH]c2ccccc12)C1CCCCC1. The molecule has 4 rings (SSSR count). The van der Waals surface area contributed by atoms with Gasteiger partial charge < -0.3 is 20.5 Å². The number of rotatable bonds is 6. The first-order valence-electron chi connectivity index (χ1n) is 11.4. The van der Waals surface area contributed by atoms with Crippen molar-refractivity contribution >= 4 is 22.7 Å². The normalized spacial score (nSPS) is 22.2. The molecule has 3 atom stereocenters. The van der Waals surface area contributed by atoms with Gasteiger partial charge in [-0.05, 0) is 57.2 Å². The van der Waals surface area contributed by atoms with Crippen LogP contribution in [0.15, 0.2) is 30.5 Å². The molecule has 162 valence electrons. The van der Waals surface area contributed by atoms with Crippen molar-refractivity contribution in [1.29, 1.82) is 0 Å². The number of nitrogens with zero attached hydrogens (tertiary/aromatic N) is 1. The van der Waals surface area contributed by atoms with Gasteiger partial charge in [0.2, 0.25) is 11.8 Å². The number of aromatic amines is 1. The molecule has 3 N–H and O–H groups in total. The van der Waals surface area contributed by atoms with Gasteiger partial charge in [0.15, 0.2) is 0 Å². The van der Waals surface area contributed by atoms with E-state index in [1.165, 1.54) is 17.4 Å². The van der Waals surface area contributed by atoms with Crippen LogP contribution in [-0.4, -0.2) is 47.4 Å². The summed E-state index contributed by atoms with van der Waals surface area (Å²) in [4.78, 5) is 31.9. The van der Waals surface area contributed by atoms with Crippen molar-refractivity contribution < 1.29 is 9.59 Å². The number of fused-ring (bicyclic) bond motifs is 1. The van der Waals surface area contributed by atoms with Gasteiger partial charge >= 0.3 is 0 Å². The van der Waals surface area contributed by atoms with Crippen LogP contribution in [0.4, 0.5) is 0 Å². The van der Waals surface area contributed by atoms with Crippen LogP contribution < -0.4 is 10.6 Å². The molecule has 30 heavy (non-hydrogen) atoms. The minimum Gasteiger partial charge on any atom is -0.361 e. The number of carbonyl (C=O) groups is 2. The predicted molar refractivity (Wildman–Crippen MR) is 119 cm³/mol. The molecule has 1 saturated heterocycles. The maximum Gasteiger partial charge on any atom is 0.245 e. The van der Waals surface area contributed by atoms with E-state index in [2.05, 4.69) is 33.9 Å². The van der Waals surface area contributed by atoms with Gasteiger partial charge in [-0.15, -0.1) is 0 Å². The average molecular weight is 411 g/mol. The topological polar surface area (TPSA) is 77.2 Å². The molecule has 1 saturated carbocycles. The Hall–Kier alpha value is -2.34. The smallest absolute Gasteiger partial charge is 0.245 e. The van der Waals surface area contributed by atoms with Crippen molar-refractivity contribution in [3.63, 3.8) is 0 Å². The number of carbonyl (C=O) groups excluding carboxylic acids is 2. The van der Waals surface area contributed by atoms with Crippen molar-refractivity contribution in [3.05, 3.63) is 36.0 Å². The van der Waals surface area contributed by atoms with Crippen molar-refractivity contribution in [2.45, 2.75) is 70.0 Å². The van der Waals surface area contributed by atoms with E-state index in [-0.39, 0.29) is 29.8 Å². The fraction of sp³-hybridized carbons (Fsp3) is 0.583. The number of H-pyrrole nitrogens is 1. The molecule has 1 aromatic carbocycles. The van der Waals surface area contributed by atoms with Gasteiger partial charge in [0.25, 0.3) is 0 Å². The molecule has 6 nitrogen and oxygen atoms in total. The molecule has 1 aromatic heterocycles. The number of likely N-dealkylation sites (tertiary alicyclic amines) is 1. The van der Waals surface area contributed by atoms with Gasteiger partial charge in [-0.2, -0.15) is 0 Å². The standard InChI is InChI=1S/C24H34N4O2/c1-16(25-2)23(29)27-22(17-9-4-3-5-10-17)24(30)28-14-8-13-21(28)19-15-26-20-12-7-6-11-18(19)20/h6-7,11-12,15-17,21-22,25-26H,3-5,8-10,13-14H2,1-2H3,(H,27,29)/t16?,21-,22-/m0/s1. The third kappa shape index (κ3) is 4.10.